The first kappa shape index (κ1) is 32.7. The number of likely N-dealkylation sites (tertiary alicyclic amines) is 1. The molecule has 218 valence electrons. The molecule has 0 radical (unpaired) electrons. The molecule has 6 N–H and O–H groups in total. The van der Waals surface area contributed by atoms with Gasteiger partial charge in [-0.3, -0.25) is 15.0 Å². The van der Waals surface area contributed by atoms with Gasteiger partial charge in [0.1, 0.15) is 32.6 Å². The number of aliphatic hydroxyl groups excluding tert-OH is 1. The number of carbonyl (C=O) groups excluding carboxylic acids is 4. The predicted molar refractivity (Wildman–Crippen MR) is 160 cm³/mol. The van der Waals surface area contributed by atoms with Crippen molar-refractivity contribution in [2.75, 3.05) is 19.6 Å². The Balaban J connectivity index is 1.72. The van der Waals surface area contributed by atoms with Gasteiger partial charge in [-0.05, 0) is 18.9 Å². The number of hydrogen-bond donors (Lipinski definition) is 6. The summed E-state index contributed by atoms with van der Waals surface area (Å²) in [6, 6.07) is -0.510. The van der Waals surface area contributed by atoms with Crippen molar-refractivity contribution in [2.45, 2.75) is 38.5 Å². The van der Waals surface area contributed by atoms with E-state index in [0.717, 1.165) is 5.57 Å². The van der Waals surface area contributed by atoms with Crippen molar-refractivity contribution in [3.63, 3.8) is 0 Å². The maximum Gasteiger partial charge on any atom is 0.440 e. The zero-order chi connectivity index (χ0) is 29.4. The lowest BCUT2D eigenvalue weighted by Crippen LogP contribution is -2.63. The van der Waals surface area contributed by atoms with Crippen molar-refractivity contribution < 1.29 is 37.9 Å². The minimum atomic E-state index is -0.890. The number of aliphatic imine (C=N–C) groups is 1. The number of guanidine groups is 1. The maximum absolute atomic E-state index is 13.0. The Bertz CT molecular complexity index is 1040. The monoisotopic (exact) mass is 616 g/mol. The van der Waals surface area contributed by atoms with E-state index < -0.39 is 30.2 Å². The molecule has 5 unspecified atom stereocenters. The fraction of sp³-hybridized carbons (Fsp3) is 0.611. The Morgan fingerprint density at radius 3 is 2.42 bits per heavy atom. The van der Waals surface area contributed by atoms with Crippen molar-refractivity contribution in [1.29, 1.82) is 0 Å². The third kappa shape index (κ3) is 7.92. The molecule has 0 aromatic carbocycles. The molecular formula is C18H34B3N8O8P3. The molecule has 0 bridgehead atoms. The molecule has 3 aliphatic rings. The van der Waals surface area contributed by atoms with Gasteiger partial charge in [-0.1, -0.05) is 6.92 Å². The lowest BCUT2D eigenvalue weighted by Gasteiger charge is -2.46. The summed E-state index contributed by atoms with van der Waals surface area (Å²) in [5, 5.41) is 15.7. The van der Waals surface area contributed by atoms with E-state index in [4.69, 9.17) is 13.6 Å². The zero-order valence-corrected chi connectivity index (χ0v) is 25.9. The summed E-state index contributed by atoms with van der Waals surface area (Å²) in [6.45, 7) is 5.06. The van der Waals surface area contributed by atoms with Gasteiger partial charge in [-0.15, -0.1) is 4.99 Å². The van der Waals surface area contributed by atoms with Gasteiger partial charge < -0.3 is 43.9 Å². The van der Waals surface area contributed by atoms with Crippen LogP contribution in [0.15, 0.2) is 16.3 Å². The van der Waals surface area contributed by atoms with Crippen molar-refractivity contribution in [2.24, 2.45) is 16.8 Å². The third-order valence-electron chi connectivity index (χ3n) is 6.67. The molecule has 3 rings (SSSR count). The Morgan fingerprint density at radius 2 is 1.77 bits per heavy atom. The Morgan fingerprint density at radius 1 is 1.12 bits per heavy atom. The molecule has 0 aromatic heterocycles. The largest absolute Gasteiger partial charge is 0.440 e. The van der Waals surface area contributed by atoms with Crippen LogP contribution in [0.1, 0.15) is 20.3 Å². The fourth-order valence-electron chi connectivity index (χ4n) is 5.04. The highest BCUT2D eigenvalue weighted by Gasteiger charge is 2.60. The number of carbonyl (C=O) groups is 4. The average Bonchev–Trinajstić information content (AvgIpc) is 3.44. The Labute approximate surface area is 240 Å². The Kier molecular flexibility index (Phi) is 12.6. The molecule has 0 saturated carbocycles. The van der Waals surface area contributed by atoms with Crippen LogP contribution in [0.2, 0.25) is 0 Å². The van der Waals surface area contributed by atoms with Crippen molar-refractivity contribution in [1.82, 2.24) is 35.4 Å². The summed E-state index contributed by atoms with van der Waals surface area (Å²) >= 11 is 0. The van der Waals surface area contributed by atoms with Crippen molar-refractivity contribution in [3.05, 3.63) is 11.3 Å². The SMILES string of the molecule is BNPOC(=O)/N=C(/NC(=O)OPNB)N[C@H]1CCN(CC2=C(C(=O)OPNB)N3C(=O)C([C@@H](C)O)C3[C@H]2C)C1. The summed E-state index contributed by atoms with van der Waals surface area (Å²) in [4.78, 5) is 65.6. The standard InChI is InChI=1S/C18H34B3N8O8P3/c1-7-10(13(15(32)35-38-25-19)29-12(7)11(8(2)30)14(29)31)6-28-4-3-9(5-28)22-16(23-17(33)36-39-26-20)24-18(34)37-40-27-21/h7-9,11-12,25-27,30,38-40H,3-6,19-21H2,1-2H3,(H2,22,23,24,33,34)/t7-,8+,9-,11?,12?/m0/s1. The van der Waals surface area contributed by atoms with E-state index in [1.165, 1.54) is 4.90 Å². The van der Waals surface area contributed by atoms with Gasteiger partial charge in [0.15, 0.2) is 23.9 Å². The quantitative estimate of drug-likeness (QED) is 0.0334. The van der Waals surface area contributed by atoms with Crippen LogP contribution in [0.4, 0.5) is 9.59 Å². The molecule has 16 nitrogen and oxygen atoms in total. The van der Waals surface area contributed by atoms with Crippen LogP contribution in [0.25, 0.3) is 0 Å². The van der Waals surface area contributed by atoms with Gasteiger partial charge in [-0.25, -0.2) is 14.4 Å². The average molecular weight is 616 g/mol. The van der Waals surface area contributed by atoms with E-state index in [2.05, 4.69) is 35.5 Å². The highest BCUT2D eigenvalue weighted by molar-refractivity contribution is 7.32. The summed E-state index contributed by atoms with van der Waals surface area (Å²) < 4.78 is 15.2. The van der Waals surface area contributed by atoms with Crippen LogP contribution in [0, 0.1) is 11.8 Å². The van der Waals surface area contributed by atoms with Crippen LogP contribution < -0.4 is 25.6 Å². The molecule has 2 fully saturated rings. The highest BCUT2D eigenvalue weighted by atomic mass is 31.1. The number of amides is 3. The molecule has 0 aliphatic carbocycles. The van der Waals surface area contributed by atoms with E-state index in [0.29, 0.717) is 26.1 Å². The van der Waals surface area contributed by atoms with Gasteiger partial charge in [0.25, 0.3) is 0 Å². The van der Waals surface area contributed by atoms with Gasteiger partial charge in [0, 0.05) is 31.6 Å². The van der Waals surface area contributed by atoms with Gasteiger partial charge in [0.2, 0.25) is 11.9 Å². The van der Waals surface area contributed by atoms with Crippen LogP contribution in [0.5, 0.6) is 0 Å². The fourth-order valence-corrected chi connectivity index (χ4v) is 5.81. The molecule has 22 heteroatoms. The molecule has 3 aliphatic heterocycles. The molecule has 3 heterocycles. The third-order valence-corrected chi connectivity index (χ3v) is 8.14. The van der Waals surface area contributed by atoms with E-state index in [1.807, 2.05) is 6.92 Å². The van der Waals surface area contributed by atoms with E-state index in [1.54, 1.807) is 30.9 Å². The van der Waals surface area contributed by atoms with Crippen LogP contribution in [-0.4, -0.2) is 107 Å². The number of hydrogen-bond acceptors (Lipinski definition) is 12. The molecular weight excluding hydrogens is 582 g/mol. The van der Waals surface area contributed by atoms with E-state index in [-0.39, 0.29) is 62.4 Å². The molecule has 8 atom stereocenters. The normalized spacial score (nSPS) is 26.1. The summed E-state index contributed by atoms with van der Waals surface area (Å²) in [5.74, 6) is -1.71. The molecule has 0 aromatic rings. The number of β-lactam (4-membered cyclic amide) rings is 1. The van der Waals surface area contributed by atoms with E-state index in [9.17, 15) is 24.3 Å². The van der Waals surface area contributed by atoms with E-state index >= 15 is 0 Å². The second kappa shape index (κ2) is 15.4. The summed E-state index contributed by atoms with van der Waals surface area (Å²) in [7, 11) is 4.06. The highest BCUT2D eigenvalue weighted by Crippen LogP contribution is 2.48. The molecule has 2 saturated heterocycles. The zero-order valence-electron chi connectivity index (χ0n) is 22.9. The summed E-state index contributed by atoms with van der Waals surface area (Å²) in [6.07, 6.45) is -1.88. The second-order valence-corrected chi connectivity index (χ2v) is 12.0. The molecule has 3 amide bonds. The smallest absolute Gasteiger partial charge is 0.428 e. The van der Waals surface area contributed by atoms with Crippen molar-refractivity contribution in [3.8, 4) is 0 Å². The minimum absolute atomic E-state index is 0.107. The number of fused-ring (bicyclic) bond motifs is 1. The van der Waals surface area contributed by atoms with Crippen LogP contribution >= 0.6 is 26.9 Å². The Hall–Kier alpha value is -1.83. The topological polar surface area (TPSA) is 195 Å². The first-order valence-corrected chi connectivity index (χ1v) is 15.3. The number of aliphatic hydroxyl groups is 1. The first-order valence-electron chi connectivity index (χ1n) is 12.6. The minimum Gasteiger partial charge on any atom is -0.428 e. The van der Waals surface area contributed by atoms with Crippen molar-refractivity contribution >= 4 is 80.8 Å². The van der Waals surface area contributed by atoms with Gasteiger partial charge in [0.05, 0.1) is 18.1 Å². The number of nitrogens with zero attached hydrogens (tertiary/aromatic N) is 3. The first-order chi connectivity index (χ1) is 19.1. The lowest BCUT2D eigenvalue weighted by molar-refractivity contribution is -0.162. The lowest BCUT2D eigenvalue weighted by atomic mass is 9.77. The second-order valence-electron chi connectivity index (χ2n) is 9.28. The van der Waals surface area contributed by atoms with Crippen LogP contribution in [-0.2, 0) is 23.2 Å². The predicted octanol–water partition coefficient (Wildman–Crippen LogP) is -3.54. The van der Waals surface area contributed by atoms with Crippen LogP contribution in [0.3, 0.4) is 0 Å². The molecule has 40 heavy (non-hydrogen) atoms. The number of rotatable bonds is 11. The number of nitrogens with one attached hydrogen (secondary N) is 5. The molecule has 0 spiro atoms. The van der Waals surface area contributed by atoms with Gasteiger partial charge in [-0.2, -0.15) is 0 Å². The van der Waals surface area contributed by atoms with Gasteiger partial charge >= 0.3 is 18.2 Å². The maximum atomic E-state index is 13.0. The summed E-state index contributed by atoms with van der Waals surface area (Å²) in [5.41, 5.74) is 1.01.